The average Bonchev–Trinajstić information content (AvgIpc) is 1.70. The van der Waals surface area contributed by atoms with Crippen molar-refractivity contribution in [2.75, 3.05) is 90.1 Å². The molecule has 37 heteroatoms. The summed E-state index contributed by atoms with van der Waals surface area (Å²) in [6, 6.07) is 7.40. The molecule has 5 unspecified atom stereocenters. The summed E-state index contributed by atoms with van der Waals surface area (Å²) < 4.78 is 59.4. The van der Waals surface area contributed by atoms with Gasteiger partial charge in [-0.05, 0) is 36.2 Å². The fourth-order valence-electron chi connectivity index (χ4n) is 10.1. The van der Waals surface area contributed by atoms with Crippen LogP contribution in [0.5, 0.6) is 0 Å². The molecule has 20 atom stereocenters. The smallest absolute Gasteiger partial charge is 0.351 e. The van der Waals surface area contributed by atoms with Crippen LogP contribution in [0.3, 0.4) is 0 Å². The number of hydrogen-bond acceptors (Lipinski definition) is 31. The van der Waals surface area contributed by atoms with Crippen LogP contribution in [0.1, 0.15) is 120 Å². The van der Waals surface area contributed by atoms with E-state index in [4.69, 9.17) is 77.8 Å². The molecule has 0 spiro atoms. The van der Waals surface area contributed by atoms with Crippen molar-refractivity contribution < 1.29 is 112 Å². The second-order valence-electron chi connectivity index (χ2n) is 21.4. The summed E-state index contributed by atoms with van der Waals surface area (Å²) in [5.74, 6) is 0.848. The first-order valence-electron chi connectivity index (χ1n) is 28.6. The Kier molecular flexibility index (Phi) is 46.5. The quantitative estimate of drug-likeness (QED) is 0.0671. The van der Waals surface area contributed by atoms with Crippen LogP contribution in [0.15, 0.2) is 85.3 Å². The van der Waals surface area contributed by atoms with Crippen molar-refractivity contribution in [3.05, 3.63) is 121 Å². The maximum atomic E-state index is 11.8. The molecule has 10 rings (SSSR count). The van der Waals surface area contributed by atoms with Gasteiger partial charge in [-0.25, -0.2) is 25.3 Å². The van der Waals surface area contributed by atoms with Crippen molar-refractivity contribution in [2.45, 2.75) is 185 Å². The van der Waals surface area contributed by atoms with Gasteiger partial charge in [-0.2, -0.15) is 24.9 Å². The number of aliphatic hydroxyl groups is 7. The third kappa shape index (κ3) is 24.8. The van der Waals surface area contributed by atoms with Crippen molar-refractivity contribution in [3.63, 3.8) is 0 Å². The van der Waals surface area contributed by atoms with E-state index in [1.54, 1.807) is 26.5 Å². The largest absolute Gasteiger partial charge is 0.394 e. The van der Waals surface area contributed by atoms with Gasteiger partial charge in [0.25, 0.3) is 0 Å². The Hall–Kier alpha value is -6.14. The SMILES string of the molecule is C.C.C.C.C.C.C.C.COC[C@H]1O[C@@H](n2ccc(N)nc2=O)[C@H](C)C1C.COC[C@H]1O[C@@H](n2ccc(N)nc2=O)[C@H](C)C1O.COC[C@H]1O[C@@H](n2ccc(N)nc2=O)[C@H](O)C1C.COC[C@H]1O[C@@H](n2ccc(N)nc2=O)[C@H](O)C1O.Nc1ccn([C@@H]2O[C@H](CO)C(O)[C@H]2O)c(=O)n1.[3H][CH2-].[Y]. The molecule has 99 heavy (non-hydrogen) atoms. The number of hydrogen-bond donors (Lipinski definition) is 12. The van der Waals surface area contributed by atoms with Gasteiger partial charge >= 0.3 is 28.4 Å². The van der Waals surface area contributed by atoms with E-state index >= 15 is 0 Å². The standard InChI is InChI=1S/C12H19N3O3.2C11H17N3O4.C10H15N3O5.C9H13N3O5.8CH4.CH3.Y/c1-7-8(2)11(18-9(7)6-17-3)15-5-4-10(13)14-12(15)16;1-6-9(15)7(5-17-2)18-10(6)14-4-3-8(12)13-11(14)16;1-6-7(5-17-2)18-10(9(6)15)14-4-3-8(12)13-11(14)16;1-17-4-5-7(14)8(15)9(18-5)13-3-2-6(11)12-10(13)16;10-5-1-2-12(9(16)11-5)8-7(15)6(14)4(3-13)17-8;;;;;;;;;;/h4-5,7-9,11H,6H2,1-3H3,(H2,13,14,16);2*3-4,6-7,9-10,15H,5H2,1-2H3,(H2,12,13,16);2-3,5,7-9,14-15H,4H2,1H3,(H2,11,12,16);1-2,4,6-8,13-15H,3H2,(H2,10,11,16);8*1H4;1H3;/q;;;;;;;;;;;;;-1;/t7?,8-,9-,11-;6-,7-,9?,10-;6?,7-,9-,10-;5-,7?,8-,9-;4-,6?,7-,8-;;;;;;;;;;/m11111........../s1/i;;;;;;;;;;;;;1T;. The van der Waals surface area contributed by atoms with Crippen LogP contribution < -0.4 is 57.1 Å². The molecular weight excluding hydrogens is 1380 g/mol. The number of methoxy groups -OCH3 is 4. The van der Waals surface area contributed by atoms with Gasteiger partial charge in [-0.15, -0.1) is 0 Å². The van der Waals surface area contributed by atoms with E-state index in [1.807, 2.05) is 13.8 Å². The predicted molar refractivity (Wildman–Crippen MR) is 372 cm³/mol. The normalized spacial score (nSPS) is 28.8. The Labute approximate surface area is 606 Å². The van der Waals surface area contributed by atoms with Crippen molar-refractivity contribution >= 4 is 29.1 Å². The molecule has 5 fully saturated rings. The molecular formula is C62H116N15O21Y-. The number of nitrogens with zero attached hydrogens (tertiary/aromatic N) is 10. The molecule has 0 bridgehead atoms. The Balaban J connectivity index is -0.000000365. The minimum Gasteiger partial charge on any atom is -0.394 e. The van der Waals surface area contributed by atoms with E-state index in [1.165, 1.54) is 77.0 Å². The molecule has 5 saturated heterocycles. The third-order valence-corrected chi connectivity index (χ3v) is 15.4. The van der Waals surface area contributed by atoms with Crippen LogP contribution in [-0.2, 0) is 75.3 Å². The topological polar surface area (TPSA) is 529 Å². The van der Waals surface area contributed by atoms with E-state index in [9.17, 15) is 54.6 Å². The molecule has 5 aromatic heterocycles. The molecule has 0 aromatic carbocycles. The first-order chi connectivity index (χ1) is 43.2. The van der Waals surface area contributed by atoms with Gasteiger partial charge in [-0.1, -0.05) is 87.1 Å². The number of anilines is 5. The molecule has 17 N–H and O–H groups in total. The zero-order chi connectivity index (χ0) is 67.7. The number of nitrogens with two attached hydrogens (primary N) is 5. The van der Waals surface area contributed by atoms with Crippen LogP contribution >= 0.6 is 0 Å². The Morgan fingerprint density at radius 1 is 0.374 bits per heavy atom. The number of rotatable bonds is 14. The zero-order valence-corrected chi connectivity index (χ0v) is 54.2. The molecule has 10 heterocycles. The van der Waals surface area contributed by atoms with Crippen LogP contribution in [0.4, 0.5) is 29.1 Å². The van der Waals surface area contributed by atoms with Crippen LogP contribution in [0.25, 0.3) is 0 Å². The Morgan fingerprint density at radius 3 is 0.909 bits per heavy atom. The van der Waals surface area contributed by atoms with E-state index < -0.39 is 109 Å². The number of ether oxygens (including phenoxy) is 9. The molecule has 5 aromatic rings. The minimum atomic E-state index is -1.31. The summed E-state index contributed by atoms with van der Waals surface area (Å²) in [5, 5.41) is 67.9. The number of aliphatic hydroxyl groups excluding tert-OH is 7. The Bertz CT molecular complexity index is 3050. The van der Waals surface area contributed by atoms with Gasteiger partial charge in [0.05, 0.1) is 51.3 Å². The maximum absolute atomic E-state index is 11.8. The summed E-state index contributed by atoms with van der Waals surface area (Å²) in [6.45, 7) is 8.66. The molecule has 569 valence electrons. The van der Waals surface area contributed by atoms with E-state index in [2.05, 4.69) is 46.2 Å². The van der Waals surface area contributed by atoms with Crippen LogP contribution in [0, 0.1) is 31.1 Å². The van der Waals surface area contributed by atoms with Crippen molar-refractivity contribution in [1.82, 2.24) is 47.8 Å². The molecule has 36 nitrogen and oxygen atoms in total. The van der Waals surface area contributed by atoms with Gasteiger partial charge in [-0.3, -0.25) is 22.8 Å². The van der Waals surface area contributed by atoms with Gasteiger partial charge in [0.15, 0.2) is 18.7 Å². The van der Waals surface area contributed by atoms with Gasteiger partial charge in [0.2, 0.25) is 0 Å². The predicted octanol–water partition coefficient (Wildman–Crippen LogP) is 0.439. The summed E-state index contributed by atoms with van der Waals surface area (Å²) >= 11 is 0. The molecule has 0 saturated carbocycles. The first kappa shape index (κ1) is 99.2. The summed E-state index contributed by atoms with van der Waals surface area (Å²) in [7, 11) is 8.69. The van der Waals surface area contributed by atoms with Gasteiger partial charge < -0.3 is 114 Å². The second-order valence-corrected chi connectivity index (χ2v) is 21.4. The molecule has 0 amide bonds. The van der Waals surface area contributed by atoms with Gasteiger partial charge in [0, 0.05) is 110 Å². The van der Waals surface area contributed by atoms with E-state index in [0.717, 1.165) is 9.13 Å². The fraction of sp³-hybridized carbons (Fsp3) is 0.661. The second kappa shape index (κ2) is 46.4. The fourth-order valence-corrected chi connectivity index (χ4v) is 10.1. The van der Waals surface area contributed by atoms with Crippen LogP contribution in [-0.4, -0.2) is 212 Å². The van der Waals surface area contributed by atoms with E-state index in [-0.39, 0.29) is 176 Å². The van der Waals surface area contributed by atoms with E-state index in [0.29, 0.717) is 19.1 Å². The number of nitrogen functional groups attached to an aromatic ring is 5. The molecule has 0 aliphatic carbocycles. The van der Waals surface area contributed by atoms with Gasteiger partial charge in [0.1, 0.15) is 90.4 Å². The summed E-state index contributed by atoms with van der Waals surface area (Å²) in [6.07, 6.45) is -5.10. The monoisotopic (exact) mass is 1500 g/mol. The first-order valence-corrected chi connectivity index (χ1v) is 27.9. The Morgan fingerprint density at radius 2 is 0.606 bits per heavy atom. The average molecular weight is 1500 g/mol. The van der Waals surface area contributed by atoms with Crippen molar-refractivity contribution in [3.8, 4) is 0 Å². The molecule has 1 radical (unpaired) electrons. The summed E-state index contributed by atoms with van der Waals surface area (Å²) in [5.41, 5.74) is 24.3. The maximum Gasteiger partial charge on any atom is 0.351 e. The number of aromatic nitrogens is 10. The van der Waals surface area contributed by atoms with Crippen LogP contribution in [0.2, 0.25) is 0 Å². The minimum absolute atomic E-state index is 0. The summed E-state index contributed by atoms with van der Waals surface area (Å²) in [4.78, 5) is 76.3. The molecule has 5 aliphatic heterocycles. The van der Waals surface area contributed by atoms with Crippen molar-refractivity contribution in [1.29, 1.82) is 0 Å². The zero-order valence-electron chi connectivity index (χ0n) is 52.3. The van der Waals surface area contributed by atoms with Crippen molar-refractivity contribution in [2.24, 2.45) is 23.7 Å². The molecule has 5 aliphatic rings. The third-order valence-electron chi connectivity index (χ3n) is 15.4.